The van der Waals surface area contributed by atoms with Crippen molar-refractivity contribution in [2.75, 3.05) is 0 Å². The second-order valence-electron chi connectivity index (χ2n) is 5.37. The van der Waals surface area contributed by atoms with Crippen LogP contribution in [0.2, 0.25) is 0 Å². The zero-order valence-corrected chi connectivity index (χ0v) is 13.9. The minimum Gasteiger partial charge on any atom is -0.410 e. The van der Waals surface area contributed by atoms with Crippen LogP contribution in [0, 0.1) is 0 Å². The zero-order valence-electron chi connectivity index (χ0n) is 12.3. The molecule has 1 atom stereocenters. The average Bonchev–Trinajstić information content (AvgIpc) is 3.22. The topological polar surface area (TPSA) is 56.0 Å². The lowest BCUT2D eigenvalue weighted by Gasteiger charge is -2.10. The van der Waals surface area contributed by atoms with Crippen LogP contribution >= 0.6 is 23.1 Å². The van der Waals surface area contributed by atoms with Crippen LogP contribution in [0.1, 0.15) is 28.8 Å². The van der Waals surface area contributed by atoms with Gasteiger partial charge in [-0.2, -0.15) is 0 Å². The molecule has 0 amide bonds. The van der Waals surface area contributed by atoms with E-state index in [2.05, 4.69) is 10.2 Å². The van der Waals surface area contributed by atoms with E-state index in [1.165, 1.54) is 11.8 Å². The van der Waals surface area contributed by atoms with E-state index in [0.717, 1.165) is 35.3 Å². The Bertz CT molecular complexity index is 827. The number of thiophene rings is 1. The van der Waals surface area contributed by atoms with Crippen LogP contribution in [-0.2, 0) is 6.42 Å². The number of aromatic nitrogens is 2. The Morgan fingerprint density at radius 1 is 1.17 bits per heavy atom. The summed E-state index contributed by atoms with van der Waals surface area (Å²) < 4.78 is 5.71. The Labute approximate surface area is 141 Å². The molecule has 3 aromatic rings. The van der Waals surface area contributed by atoms with Gasteiger partial charge in [0.1, 0.15) is 0 Å². The fourth-order valence-corrected chi connectivity index (χ4v) is 4.37. The first-order valence-electron chi connectivity index (χ1n) is 7.47. The van der Waals surface area contributed by atoms with Gasteiger partial charge in [0.2, 0.25) is 0 Å². The van der Waals surface area contributed by atoms with Crippen LogP contribution in [0.5, 0.6) is 0 Å². The van der Waals surface area contributed by atoms with E-state index in [1.807, 2.05) is 41.8 Å². The number of hydrogen-bond acceptors (Lipinski definition) is 6. The molecular weight excluding hydrogens is 328 g/mol. The van der Waals surface area contributed by atoms with Gasteiger partial charge in [-0.3, -0.25) is 4.79 Å². The number of carbonyl (C=O) groups excluding carboxylic acids is 1. The van der Waals surface area contributed by atoms with Crippen molar-refractivity contribution in [2.45, 2.75) is 29.7 Å². The van der Waals surface area contributed by atoms with E-state index in [9.17, 15) is 4.79 Å². The van der Waals surface area contributed by atoms with Crippen molar-refractivity contribution < 1.29 is 9.21 Å². The summed E-state index contributed by atoms with van der Waals surface area (Å²) in [6.45, 7) is 0. The minimum atomic E-state index is -0.157. The number of rotatable bonds is 3. The Morgan fingerprint density at radius 3 is 2.96 bits per heavy atom. The standard InChI is InChI=1S/C17H14N2O2S2/c20-15-12-7-2-1-5-11(12)6-3-8-13(15)23-17-19-18-16(21-17)14-9-4-10-22-14/h1-2,4-5,7,9-10,13H,3,6,8H2. The second-order valence-corrected chi connectivity index (χ2v) is 7.47. The molecule has 0 spiro atoms. The molecule has 0 N–H and O–H groups in total. The number of aryl methyl sites for hydroxylation is 1. The Balaban J connectivity index is 1.56. The van der Waals surface area contributed by atoms with Crippen LogP contribution in [0.25, 0.3) is 10.8 Å². The quantitative estimate of drug-likeness (QED) is 0.657. The third-order valence-corrected chi connectivity index (χ3v) is 5.83. The number of thioether (sulfide) groups is 1. The first-order valence-corrected chi connectivity index (χ1v) is 9.23. The number of fused-ring (bicyclic) bond motifs is 1. The molecule has 1 aromatic carbocycles. The fourth-order valence-electron chi connectivity index (χ4n) is 2.75. The van der Waals surface area contributed by atoms with Gasteiger partial charge >= 0.3 is 0 Å². The first kappa shape index (κ1) is 14.7. The highest BCUT2D eigenvalue weighted by atomic mass is 32.2. The molecule has 0 radical (unpaired) electrons. The molecule has 0 fully saturated rings. The number of nitrogens with zero attached hydrogens (tertiary/aromatic N) is 2. The molecule has 2 heterocycles. The van der Waals surface area contributed by atoms with Crippen molar-refractivity contribution >= 4 is 28.9 Å². The van der Waals surface area contributed by atoms with Crippen molar-refractivity contribution in [1.29, 1.82) is 0 Å². The van der Waals surface area contributed by atoms with Crippen LogP contribution in [0.4, 0.5) is 0 Å². The van der Waals surface area contributed by atoms with E-state index >= 15 is 0 Å². The molecule has 0 saturated heterocycles. The van der Waals surface area contributed by atoms with Crippen LogP contribution in [0.3, 0.4) is 0 Å². The Hall–Kier alpha value is -1.92. The van der Waals surface area contributed by atoms with Crippen molar-refractivity contribution in [2.24, 2.45) is 0 Å². The van der Waals surface area contributed by atoms with Gasteiger partial charge in [0.25, 0.3) is 11.1 Å². The van der Waals surface area contributed by atoms with Crippen molar-refractivity contribution in [3.63, 3.8) is 0 Å². The van der Waals surface area contributed by atoms with Gasteiger partial charge in [-0.25, -0.2) is 0 Å². The lowest BCUT2D eigenvalue weighted by molar-refractivity contribution is 0.0988. The highest BCUT2D eigenvalue weighted by molar-refractivity contribution is 8.00. The molecule has 23 heavy (non-hydrogen) atoms. The number of ketones is 1. The largest absolute Gasteiger partial charge is 0.410 e. The molecular formula is C17H14N2O2S2. The molecule has 116 valence electrons. The minimum absolute atomic E-state index is 0.157. The third kappa shape index (κ3) is 2.96. The van der Waals surface area contributed by atoms with Gasteiger partial charge < -0.3 is 4.42 Å². The van der Waals surface area contributed by atoms with Crippen molar-refractivity contribution in [3.05, 3.63) is 52.9 Å². The molecule has 1 unspecified atom stereocenters. The summed E-state index contributed by atoms with van der Waals surface area (Å²) in [5, 5.41) is 10.4. The number of hydrogen-bond donors (Lipinski definition) is 0. The molecule has 2 aromatic heterocycles. The van der Waals surface area contributed by atoms with Gasteiger partial charge in [-0.05, 0) is 36.3 Å². The van der Waals surface area contributed by atoms with Gasteiger partial charge in [0.05, 0.1) is 10.1 Å². The molecule has 1 aliphatic carbocycles. The molecule has 1 aliphatic rings. The molecule has 6 heteroatoms. The zero-order chi connectivity index (χ0) is 15.6. The van der Waals surface area contributed by atoms with E-state index in [4.69, 9.17) is 4.42 Å². The number of Topliss-reactive ketones (excluding diaryl/α,β-unsaturated/α-hetero) is 1. The highest BCUT2D eigenvalue weighted by Crippen LogP contribution is 2.34. The maximum Gasteiger partial charge on any atom is 0.277 e. The molecule has 4 rings (SSSR count). The summed E-state index contributed by atoms with van der Waals surface area (Å²) in [4.78, 5) is 13.7. The normalized spacial score (nSPS) is 17.7. The van der Waals surface area contributed by atoms with Crippen LogP contribution in [0.15, 0.2) is 51.4 Å². The third-order valence-electron chi connectivity index (χ3n) is 3.87. The molecule has 0 aliphatic heterocycles. The maximum absolute atomic E-state index is 12.8. The smallest absolute Gasteiger partial charge is 0.277 e. The fraction of sp³-hybridized carbons (Fsp3) is 0.235. The lowest BCUT2D eigenvalue weighted by Crippen LogP contribution is -2.16. The van der Waals surface area contributed by atoms with Gasteiger partial charge in [0.15, 0.2) is 5.78 Å². The molecule has 0 saturated carbocycles. The van der Waals surface area contributed by atoms with E-state index in [-0.39, 0.29) is 11.0 Å². The summed E-state index contributed by atoms with van der Waals surface area (Å²) >= 11 is 2.94. The number of benzene rings is 1. The van der Waals surface area contributed by atoms with E-state index < -0.39 is 0 Å². The predicted molar refractivity (Wildman–Crippen MR) is 91.0 cm³/mol. The second kappa shape index (κ2) is 6.29. The monoisotopic (exact) mass is 342 g/mol. The van der Waals surface area contributed by atoms with Crippen LogP contribution in [-0.4, -0.2) is 21.2 Å². The van der Waals surface area contributed by atoms with E-state index in [1.54, 1.807) is 11.3 Å². The summed E-state index contributed by atoms with van der Waals surface area (Å²) in [6.07, 6.45) is 2.77. The maximum atomic E-state index is 12.8. The van der Waals surface area contributed by atoms with E-state index in [0.29, 0.717) is 11.1 Å². The van der Waals surface area contributed by atoms with Gasteiger partial charge in [-0.15, -0.1) is 21.5 Å². The Morgan fingerprint density at radius 2 is 2.09 bits per heavy atom. The summed E-state index contributed by atoms with van der Waals surface area (Å²) in [6, 6.07) is 11.8. The summed E-state index contributed by atoms with van der Waals surface area (Å²) in [5.74, 6) is 0.683. The first-order chi connectivity index (χ1) is 11.3. The van der Waals surface area contributed by atoms with Crippen LogP contribution < -0.4 is 0 Å². The lowest BCUT2D eigenvalue weighted by atomic mass is 10.0. The number of carbonyl (C=O) groups is 1. The SMILES string of the molecule is O=C1c2ccccc2CCCC1Sc1nnc(-c2cccs2)o1. The average molecular weight is 342 g/mol. The summed E-state index contributed by atoms with van der Waals surface area (Å²) in [7, 11) is 0. The van der Waals surface area contributed by atoms with Crippen molar-refractivity contribution in [1.82, 2.24) is 10.2 Å². The summed E-state index contributed by atoms with van der Waals surface area (Å²) in [5.41, 5.74) is 1.98. The molecule has 4 nitrogen and oxygen atoms in total. The van der Waals surface area contributed by atoms with Gasteiger partial charge in [0, 0.05) is 5.56 Å². The van der Waals surface area contributed by atoms with Crippen molar-refractivity contribution in [3.8, 4) is 10.8 Å². The highest BCUT2D eigenvalue weighted by Gasteiger charge is 2.28. The molecule has 0 bridgehead atoms. The Kier molecular flexibility index (Phi) is 4.01. The van der Waals surface area contributed by atoms with Gasteiger partial charge in [-0.1, -0.05) is 42.1 Å². The predicted octanol–water partition coefficient (Wildman–Crippen LogP) is 4.48.